The van der Waals surface area contributed by atoms with Crippen LogP contribution in [0, 0.1) is 0 Å². The van der Waals surface area contributed by atoms with Crippen molar-refractivity contribution in [2.45, 2.75) is 25.7 Å². The number of hydrogen-bond acceptors (Lipinski definition) is 2. The Morgan fingerprint density at radius 2 is 2.09 bits per heavy atom. The van der Waals surface area contributed by atoms with Gasteiger partial charge < -0.3 is 0 Å². The first-order chi connectivity index (χ1) is 4.92. The van der Waals surface area contributed by atoms with Crippen LogP contribution >= 0.6 is 11.9 Å². The van der Waals surface area contributed by atoms with Crippen LogP contribution in [0.2, 0.25) is 25.7 Å². The van der Waals surface area contributed by atoms with Crippen LogP contribution in [0.4, 0.5) is 0 Å². The third-order valence-corrected chi connectivity index (χ3v) is 4.65. The smallest absolute Gasteiger partial charge is 0.241 e. The number of rotatable bonds is 5. The largest absolute Gasteiger partial charge is 0.293 e. The van der Waals surface area contributed by atoms with E-state index in [2.05, 4.69) is 23.8 Å². The lowest BCUT2D eigenvalue weighted by Gasteiger charge is -2.14. The zero-order chi connectivity index (χ0) is 8.91. The molecule has 0 aromatic heterocycles. The van der Waals surface area contributed by atoms with Crippen molar-refractivity contribution in [1.29, 1.82) is 0 Å². The molecule has 0 heterocycles. The van der Waals surface area contributed by atoms with Crippen molar-refractivity contribution < 1.29 is 8.76 Å². The van der Waals surface area contributed by atoms with Crippen LogP contribution in [0.3, 0.4) is 0 Å². The molecule has 0 aromatic rings. The lowest BCUT2D eigenvalue weighted by atomic mass is 11.0. The van der Waals surface area contributed by atoms with Crippen molar-refractivity contribution in [3.63, 3.8) is 0 Å². The summed E-state index contributed by atoms with van der Waals surface area (Å²) in [5.74, 6) is 0.919. The SMILES string of the molecule is C[Si](C)(C)CCSNS(=O)O. The molecular weight excluding hydrogens is 198 g/mol. The Morgan fingerprint density at radius 3 is 2.45 bits per heavy atom. The fraction of sp³-hybridized carbons (Fsp3) is 1.00. The van der Waals surface area contributed by atoms with E-state index in [1.54, 1.807) is 0 Å². The summed E-state index contributed by atoms with van der Waals surface area (Å²) in [6, 6.07) is 1.17. The molecule has 3 nitrogen and oxygen atoms in total. The van der Waals surface area contributed by atoms with E-state index >= 15 is 0 Å². The van der Waals surface area contributed by atoms with E-state index in [4.69, 9.17) is 4.55 Å². The zero-order valence-electron chi connectivity index (χ0n) is 7.09. The van der Waals surface area contributed by atoms with Crippen LogP contribution < -0.4 is 4.13 Å². The Morgan fingerprint density at radius 1 is 1.55 bits per heavy atom. The molecule has 2 N–H and O–H groups in total. The molecule has 0 amide bonds. The Hall–Kier alpha value is 0.637. The summed E-state index contributed by atoms with van der Waals surface area (Å²) in [5, 5.41) is 0. The van der Waals surface area contributed by atoms with Gasteiger partial charge in [-0.3, -0.25) is 4.55 Å². The Kier molecular flexibility index (Phi) is 5.62. The third-order valence-electron chi connectivity index (χ3n) is 1.08. The van der Waals surface area contributed by atoms with E-state index in [-0.39, 0.29) is 0 Å². The van der Waals surface area contributed by atoms with Gasteiger partial charge >= 0.3 is 0 Å². The van der Waals surface area contributed by atoms with E-state index in [0.717, 1.165) is 5.75 Å². The lowest BCUT2D eigenvalue weighted by molar-refractivity contribution is 0.562. The summed E-state index contributed by atoms with van der Waals surface area (Å²) < 4.78 is 20.8. The normalized spacial score (nSPS) is 14.9. The van der Waals surface area contributed by atoms with E-state index in [9.17, 15) is 4.21 Å². The summed E-state index contributed by atoms with van der Waals surface area (Å²) >= 11 is -0.543. The molecule has 11 heavy (non-hydrogen) atoms. The number of nitrogens with one attached hydrogen (secondary N) is 1. The minimum Gasteiger partial charge on any atom is -0.293 e. The maximum Gasteiger partial charge on any atom is 0.241 e. The highest BCUT2D eigenvalue weighted by molar-refractivity contribution is 8.05. The molecule has 0 rings (SSSR count). The van der Waals surface area contributed by atoms with Crippen molar-refractivity contribution in [2.24, 2.45) is 0 Å². The summed E-state index contributed by atoms with van der Waals surface area (Å²) in [6.45, 7) is 6.84. The van der Waals surface area contributed by atoms with Gasteiger partial charge in [0, 0.05) is 13.8 Å². The predicted molar refractivity (Wildman–Crippen MR) is 54.5 cm³/mol. The van der Waals surface area contributed by atoms with Gasteiger partial charge in [-0.15, -0.1) is 0 Å². The fourth-order valence-corrected chi connectivity index (χ4v) is 4.04. The van der Waals surface area contributed by atoms with E-state index < -0.39 is 19.3 Å². The molecule has 0 bridgehead atoms. The van der Waals surface area contributed by atoms with Crippen molar-refractivity contribution in [2.75, 3.05) is 5.75 Å². The molecule has 1 unspecified atom stereocenters. The van der Waals surface area contributed by atoms with E-state index in [1.807, 2.05) is 0 Å². The first-order valence-electron chi connectivity index (χ1n) is 3.40. The zero-order valence-corrected chi connectivity index (χ0v) is 9.72. The maximum atomic E-state index is 10.1. The average molecular weight is 213 g/mol. The molecule has 0 saturated heterocycles. The second-order valence-corrected chi connectivity index (χ2v) is 11.0. The topological polar surface area (TPSA) is 49.3 Å². The van der Waals surface area contributed by atoms with Crippen molar-refractivity contribution in [3.05, 3.63) is 0 Å². The quantitative estimate of drug-likeness (QED) is 0.316. The molecule has 0 fully saturated rings. The highest BCUT2D eigenvalue weighted by Gasteiger charge is 2.11. The molecular formula is C5H15NO2S2Si. The molecule has 0 aliphatic rings. The van der Waals surface area contributed by atoms with Crippen LogP contribution in [-0.4, -0.2) is 22.6 Å². The van der Waals surface area contributed by atoms with Gasteiger partial charge in [-0.25, -0.2) is 4.21 Å². The number of hydrogen-bond donors (Lipinski definition) is 2. The van der Waals surface area contributed by atoms with Crippen molar-refractivity contribution in [1.82, 2.24) is 4.13 Å². The molecule has 1 atom stereocenters. The van der Waals surface area contributed by atoms with Gasteiger partial charge in [-0.05, 0) is 6.04 Å². The van der Waals surface area contributed by atoms with Crippen molar-refractivity contribution >= 4 is 31.3 Å². The highest BCUT2D eigenvalue weighted by atomic mass is 32.3. The van der Waals surface area contributed by atoms with Gasteiger partial charge in [0.15, 0.2) is 0 Å². The Bertz CT molecular complexity index is 137. The van der Waals surface area contributed by atoms with Gasteiger partial charge in [-0.2, -0.15) is 4.13 Å². The summed E-state index contributed by atoms with van der Waals surface area (Å²) in [5.41, 5.74) is 0. The molecule has 0 aliphatic heterocycles. The maximum absolute atomic E-state index is 10.1. The Labute approximate surface area is 75.9 Å². The fourth-order valence-electron chi connectivity index (χ4n) is 0.449. The molecule has 0 saturated carbocycles. The minimum absolute atomic E-state index is 0.919. The van der Waals surface area contributed by atoms with Gasteiger partial charge in [0.05, 0.1) is 0 Å². The summed E-state index contributed by atoms with van der Waals surface area (Å²) in [7, 11) is -0.971. The standard InChI is InChI=1S/C5H15NO2S2Si/c1-11(2,3)5-4-9-6-10(7)8/h6H,4-5H2,1-3H3,(H,7,8). The lowest BCUT2D eigenvalue weighted by Crippen LogP contribution is -2.21. The monoisotopic (exact) mass is 213 g/mol. The summed E-state index contributed by atoms with van der Waals surface area (Å²) in [4.78, 5) is 0. The first-order valence-corrected chi connectivity index (χ1v) is 9.20. The van der Waals surface area contributed by atoms with E-state index in [1.165, 1.54) is 18.0 Å². The van der Waals surface area contributed by atoms with Crippen LogP contribution in [0.5, 0.6) is 0 Å². The minimum atomic E-state index is -1.87. The van der Waals surface area contributed by atoms with Gasteiger partial charge in [0.25, 0.3) is 0 Å². The molecule has 0 aromatic carbocycles. The Balaban J connectivity index is 3.22. The van der Waals surface area contributed by atoms with E-state index in [0.29, 0.717) is 0 Å². The van der Waals surface area contributed by atoms with Gasteiger partial charge in [0.2, 0.25) is 11.3 Å². The van der Waals surface area contributed by atoms with Crippen LogP contribution in [0.1, 0.15) is 0 Å². The van der Waals surface area contributed by atoms with Crippen LogP contribution in [0.15, 0.2) is 0 Å². The molecule has 0 aliphatic carbocycles. The first kappa shape index (κ1) is 11.6. The second-order valence-electron chi connectivity index (χ2n) is 3.49. The average Bonchev–Trinajstić information content (AvgIpc) is 1.78. The molecule has 0 spiro atoms. The van der Waals surface area contributed by atoms with Crippen molar-refractivity contribution in [3.8, 4) is 0 Å². The highest BCUT2D eigenvalue weighted by Crippen LogP contribution is 2.11. The van der Waals surface area contributed by atoms with Crippen LogP contribution in [-0.2, 0) is 11.3 Å². The third kappa shape index (κ3) is 10.6. The van der Waals surface area contributed by atoms with Gasteiger partial charge in [-0.1, -0.05) is 31.6 Å². The molecule has 0 radical (unpaired) electrons. The molecule has 68 valence electrons. The second kappa shape index (κ2) is 5.31. The molecule has 6 heteroatoms. The summed E-state index contributed by atoms with van der Waals surface area (Å²) in [6.07, 6.45) is 0. The van der Waals surface area contributed by atoms with Gasteiger partial charge in [0.1, 0.15) is 0 Å². The predicted octanol–water partition coefficient (Wildman–Crippen LogP) is 1.70. The van der Waals surface area contributed by atoms with Crippen LogP contribution in [0.25, 0.3) is 0 Å².